The van der Waals surface area contributed by atoms with Gasteiger partial charge in [0.2, 0.25) is 0 Å². The molecular formula is C18H26N2O2. The van der Waals surface area contributed by atoms with Gasteiger partial charge in [0.25, 0.3) is 0 Å². The minimum Gasteiger partial charge on any atom is -0.396 e. The van der Waals surface area contributed by atoms with Crippen LogP contribution in [-0.2, 0) is 6.42 Å². The predicted molar refractivity (Wildman–Crippen MR) is 88.9 cm³/mol. The van der Waals surface area contributed by atoms with Crippen LogP contribution in [-0.4, -0.2) is 29.8 Å². The summed E-state index contributed by atoms with van der Waals surface area (Å²) in [4.78, 5) is 12.0. The molecule has 0 saturated heterocycles. The van der Waals surface area contributed by atoms with E-state index in [1.165, 1.54) is 16.7 Å². The zero-order chi connectivity index (χ0) is 16.1. The fourth-order valence-corrected chi connectivity index (χ4v) is 3.04. The Bertz CT molecular complexity index is 534. The van der Waals surface area contributed by atoms with E-state index in [1.807, 2.05) is 19.1 Å². The van der Waals surface area contributed by atoms with E-state index in [0.29, 0.717) is 0 Å². The molecule has 2 rings (SSSR count). The molecule has 0 heterocycles. The zero-order valence-electron chi connectivity index (χ0n) is 13.6. The Kier molecular flexibility index (Phi) is 5.61. The molecule has 1 aromatic rings. The normalized spacial score (nSPS) is 21.6. The fourth-order valence-electron chi connectivity index (χ4n) is 3.04. The van der Waals surface area contributed by atoms with E-state index in [-0.39, 0.29) is 30.6 Å². The van der Waals surface area contributed by atoms with E-state index in [2.05, 4.69) is 42.7 Å². The van der Waals surface area contributed by atoms with E-state index in [1.54, 1.807) is 0 Å². The number of amides is 2. The third-order valence-electron chi connectivity index (χ3n) is 3.92. The summed E-state index contributed by atoms with van der Waals surface area (Å²) in [5.74, 6) is 0.165. The molecule has 0 saturated carbocycles. The number of carbonyl (C=O) groups is 1. The Morgan fingerprint density at radius 3 is 2.55 bits per heavy atom. The largest absolute Gasteiger partial charge is 0.396 e. The van der Waals surface area contributed by atoms with E-state index in [0.717, 1.165) is 12.8 Å². The minimum atomic E-state index is -0.148. The van der Waals surface area contributed by atoms with Crippen molar-refractivity contribution in [2.75, 3.05) is 6.61 Å². The number of urea groups is 1. The molecule has 0 aliphatic heterocycles. The summed E-state index contributed by atoms with van der Waals surface area (Å²) in [5.41, 5.74) is 3.74. The van der Waals surface area contributed by atoms with Crippen molar-refractivity contribution < 1.29 is 9.90 Å². The first kappa shape index (κ1) is 16.6. The van der Waals surface area contributed by atoms with Crippen molar-refractivity contribution in [3.05, 3.63) is 47.0 Å². The number of aliphatic hydroxyl groups excluding tert-OH is 1. The molecule has 0 spiro atoms. The summed E-state index contributed by atoms with van der Waals surface area (Å²) in [7, 11) is 0. The van der Waals surface area contributed by atoms with Gasteiger partial charge in [-0.05, 0) is 39.2 Å². The summed E-state index contributed by atoms with van der Waals surface area (Å²) >= 11 is 0. The van der Waals surface area contributed by atoms with Crippen LogP contribution < -0.4 is 10.6 Å². The Labute approximate surface area is 132 Å². The van der Waals surface area contributed by atoms with Crippen molar-refractivity contribution in [2.24, 2.45) is 5.92 Å². The lowest BCUT2D eigenvalue weighted by atomic mass is 10.0. The van der Waals surface area contributed by atoms with Gasteiger partial charge in [0.15, 0.2) is 0 Å². The number of carbonyl (C=O) groups excluding carboxylic acids is 1. The highest BCUT2D eigenvalue weighted by Crippen LogP contribution is 2.16. The molecule has 1 aliphatic carbocycles. The maximum atomic E-state index is 12.0. The highest BCUT2D eigenvalue weighted by molar-refractivity contribution is 5.74. The number of rotatable bonds is 5. The maximum absolute atomic E-state index is 12.0. The summed E-state index contributed by atoms with van der Waals surface area (Å²) in [5, 5.41) is 15.0. The molecule has 2 amide bonds. The number of benzene rings is 1. The summed E-state index contributed by atoms with van der Waals surface area (Å²) in [6.07, 6.45) is 5.50. The SMILES string of the molecule is Cc1cc(C)cc(CC(C)NC(=O)N[C@@H]2C=C[C@H](CO)C2)c1. The number of aliphatic hydroxyl groups is 1. The summed E-state index contributed by atoms with van der Waals surface area (Å²) in [6, 6.07) is 6.41. The second-order valence-corrected chi connectivity index (χ2v) is 6.39. The maximum Gasteiger partial charge on any atom is 0.315 e. The van der Waals surface area contributed by atoms with E-state index in [4.69, 9.17) is 5.11 Å². The second-order valence-electron chi connectivity index (χ2n) is 6.39. The van der Waals surface area contributed by atoms with E-state index >= 15 is 0 Å². The first-order valence-corrected chi connectivity index (χ1v) is 7.89. The first-order chi connectivity index (χ1) is 10.5. The second kappa shape index (κ2) is 7.45. The van der Waals surface area contributed by atoms with Gasteiger partial charge in [-0.15, -0.1) is 0 Å². The Hall–Kier alpha value is -1.81. The van der Waals surface area contributed by atoms with Crippen molar-refractivity contribution in [1.29, 1.82) is 0 Å². The van der Waals surface area contributed by atoms with Gasteiger partial charge >= 0.3 is 6.03 Å². The standard InChI is InChI=1S/C18H26N2O2/c1-12-6-13(2)8-16(7-12)9-14(3)19-18(22)20-17-5-4-15(10-17)11-21/h4-8,14-15,17,21H,9-11H2,1-3H3,(H2,19,20,22)/t14?,15-,17+/m0/s1. The topological polar surface area (TPSA) is 61.4 Å². The number of aryl methyl sites for hydroxylation is 2. The zero-order valence-corrected chi connectivity index (χ0v) is 13.6. The van der Waals surface area contributed by atoms with Gasteiger partial charge in [-0.3, -0.25) is 0 Å². The lowest BCUT2D eigenvalue weighted by Gasteiger charge is -2.18. The predicted octanol–water partition coefficient (Wildman–Crippen LogP) is 2.47. The smallest absolute Gasteiger partial charge is 0.315 e. The van der Waals surface area contributed by atoms with Crippen LogP contribution in [0.1, 0.15) is 30.0 Å². The molecule has 0 bridgehead atoms. The summed E-state index contributed by atoms with van der Waals surface area (Å²) < 4.78 is 0. The molecule has 4 nitrogen and oxygen atoms in total. The monoisotopic (exact) mass is 302 g/mol. The van der Waals surface area contributed by atoms with Gasteiger partial charge in [-0.2, -0.15) is 0 Å². The molecule has 0 aromatic heterocycles. The third-order valence-corrected chi connectivity index (χ3v) is 3.92. The molecule has 1 aliphatic rings. The third kappa shape index (κ3) is 4.88. The van der Waals surface area contributed by atoms with Gasteiger partial charge in [-0.25, -0.2) is 4.79 Å². The molecule has 120 valence electrons. The van der Waals surface area contributed by atoms with E-state index in [9.17, 15) is 4.79 Å². The quantitative estimate of drug-likeness (QED) is 0.732. The molecule has 0 radical (unpaired) electrons. The molecule has 4 heteroatoms. The van der Waals surface area contributed by atoms with Crippen LogP contribution in [0, 0.1) is 19.8 Å². The van der Waals surface area contributed by atoms with Gasteiger partial charge in [0, 0.05) is 24.6 Å². The molecule has 3 atom stereocenters. The number of hydrogen-bond acceptors (Lipinski definition) is 2. The van der Waals surface area contributed by atoms with Crippen LogP contribution in [0.3, 0.4) is 0 Å². The van der Waals surface area contributed by atoms with Crippen LogP contribution in [0.2, 0.25) is 0 Å². The van der Waals surface area contributed by atoms with Crippen molar-refractivity contribution in [1.82, 2.24) is 10.6 Å². The van der Waals surface area contributed by atoms with Crippen LogP contribution in [0.25, 0.3) is 0 Å². The van der Waals surface area contributed by atoms with Gasteiger partial charge in [0.05, 0.1) is 0 Å². The lowest BCUT2D eigenvalue weighted by Crippen LogP contribution is -2.45. The minimum absolute atomic E-state index is 0.0190. The molecule has 3 N–H and O–H groups in total. The lowest BCUT2D eigenvalue weighted by molar-refractivity contribution is 0.229. The first-order valence-electron chi connectivity index (χ1n) is 7.89. The molecule has 22 heavy (non-hydrogen) atoms. The van der Waals surface area contributed by atoms with Crippen LogP contribution >= 0.6 is 0 Å². The van der Waals surface area contributed by atoms with Crippen molar-refractivity contribution in [3.8, 4) is 0 Å². The number of hydrogen-bond donors (Lipinski definition) is 3. The van der Waals surface area contributed by atoms with Gasteiger partial charge < -0.3 is 15.7 Å². The highest BCUT2D eigenvalue weighted by Gasteiger charge is 2.20. The van der Waals surface area contributed by atoms with Crippen molar-refractivity contribution in [3.63, 3.8) is 0 Å². The van der Waals surface area contributed by atoms with Gasteiger partial charge in [-0.1, -0.05) is 41.5 Å². The summed E-state index contributed by atoms with van der Waals surface area (Å²) in [6.45, 7) is 6.33. The van der Waals surface area contributed by atoms with Gasteiger partial charge in [0.1, 0.15) is 0 Å². The molecule has 0 fully saturated rings. The average Bonchev–Trinajstić information content (AvgIpc) is 2.84. The molecule has 1 unspecified atom stereocenters. The van der Waals surface area contributed by atoms with Crippen LogP contribution in [0.15, 0.2) is 30.4 Å². The average molecular weight is 302 g/mol. The molecular weight excluding hydrogens is 276 g/mol. The highest BCUT2D eigenvalue weighted by atomic mass is 16.3. The van der Waals surface area contributed by atoms with E-state index < -0.39 is 0 Å². The fraction of sp³-hybridized carbons (Fsp3) is 0.500. The van der Waals surface area contributed by atoms with Crippen molar-refractivity contribution >= 4 is 6.03 Å². The Morgan fingerprint density at radius 1 is 1.27 bits per heavy atom. The Morgan fingerprint density at radius 2 is 1.95 bits per heavy atom. The number of nitrogens with one attached hydrogen (secondary N) is 2. The Balaban J connectivity index is 1.80. The van der Waals surface area contributed by atoms with Crippen LogP contribution in [0.4, 0.5) is 4.79 Å². The van der Waals surface area contributed by atoms with Crippen molar-refractivity contribution in [2.45, 2.75) is 45.7 Å². The van der Waals surface area contributed by atoms with Crippen LogP contribution in [0.5, 0.6) is 0 Å². The molecule has 1 aromatic carbocycles.